The summed E-state index contributed by atoms with van der Waals surface area (Å²) in [5.74, 6) is -0.00374. The van der Waals surface area contributed by atoms with Crippen molar-refractivity contribution in [3.8, 4) is 0 Å². The van der Waals surface area contributed by atoms with Crippen molar-refractivity contribution in [1.82, 2.24) is 15.2 Å². The third-order valence-corrected chi connectivity index (χ3v) is 3.95. The van der Waals surface area contributed by atoms with Crippen LogP contribution in [0.5, 0.6) is 0 Å². The van der Waals surface area contributed by atoms with Gasteiger partial charge in [0, 0.05) is 32.6 Å². The summed E-state index contributed by atoms with van der Waals surface area (Å²) >= 11 is 5.38. The Kier molecular flexibility index (Phi) is 6.23. The molecule has 0 aromatic heterocycles. The van der Waals surface area contributed by atoms with Gasteiger partial charge in [0.05, 0.1) is 18.5 Å². The lowest BCUT2D eigenvalue weighted by Crippen LogP contribution is -2.49. The summed E-state index contributed by atoms with van der Waals surface area (Å²) < 4.78 is 18.2. The van der Waals surface area contributed by atoms with Gasteiger partial charge in [-0.15, -0.1) is 0 Å². The highest BCUT2D eigenvalue weighted by molar-refractivity contribution is 7.80. The second-order valence-corrected chi connectivity index (χ2v) is 5.87. The van der Waals surface area contributed by atoms with E-state index in [1.165, 1.54) is 6.92 Å². The molecule has 1 N–H and O–H groups in total. The number of rotatable bonds is 2. The Hall–Kier alpha value is -1.80. The summed E-state index contributed by atoms with van der Waals surface area (Å²) in [6, 6.07) is 0. The molecule has 23 heavy (non-hydrogen) atoms. The summed E-state index contributed by atoms with van der Waals surface area (Å²) in [6.07, 6.45) is 1.69. The largest absolute Gasteiger partial charge is 0.491 e. The molecule has 6 nitrogen and oxygen atoms in total. The van der Waals surface area contributed by atoms with Gasteiger partial charge in [-0.05, 0) is 26.2 Å². The highest BCUT2D eigenvalue weighted by atomic mass is 32.1. The van der Waals surface area contributed by atoms with Gasteiger partial charge in [0.2, 0.25) is 0 Å². The molecule has 0 atom stereocenters. The van der Waals surface area contributed by atoms with Gasteiger partial charge in [-0.25, -0.2) is 9.38 Å². The van der Waals surface area contributed by atoms with Crippen LogP contribution in [-0.4, -0.2) is 66.2 Å². The van der Waals surface area contributed by atoms with Gasteiger partial charge in [-0.3, -0.25) is 5.43 Å². The van der Waals surface area contributed by atoms with Crippen LogP contribution in [0.1, 0.15) is 13.3 Å². The zero-order valence-electron chi connectivity index (χ0n) is 13.5. The number of hydrogen-bond acceptors (Lipinski definition) is 5. The topological polar surface area (TPSA) is 52.5 Å². The molecule has 0 aromatic rings. The van der Waals surface area contributed by atoms with Crippen molar-refractivity contribution in [3.63, 3.8) is 0 Å². The van der Waals surface area contributed by atoms with Crippen LogP contribution in [0.4, 0.5) is 4.39 Å². The highest BCUT2D eigenvalue weighted by Crippen LogP contribution is 2.12. The van der Waals surface area contributed by atoms with E-state index in [0.717, 1.165) is 32.4 Å². The molecule has 2 rings (SSSR count). The van der Waals surface area contributed by atoms with E-state index in [-0.39, 0.29) is 0 Å². The molecule has 126 valence electrons. The molecule has 2 aliphatic heterocycles. The maximum absolute atomic E-state index is 12.9. The van der Waals surface area contributed by atoms with Gasteiger partial charge in [0.15, 0.2) is 5.11 Å². The van der Waals surface area contributed by atoms with Crippen LogP contribution in [0.15, 0.2) is 34.5 Å². The molecule has 0 spiro atoms. The van der Waals surface area contributed by atoms with E-state index in [1.807, 2.05) is 0 Å². The molecule has 0 saturated carbocycles. The zero-order chi connectivity index (χ0) is 16.8. The van der Waals surface area contributed by atoms with Crippen LogP contribution in [-0.2, 0) is 4.74 Å². The first-order valence-electron chi connectivity index (χ1n) is 7.50. The quantitative estimate of drug-likeness (QED) is 0.613. The molecule has 0 unspecified atom stereocenters. The number of halogens is 1. The van der Waals surface area contributed by atoms with Gasteiger partial charge >= 0.3 is 0 Å². The van der Waals surface area contributed by atoms with E-state index in [1.54, 1.807) is 0 Å². The second-order valence-electron chi connectivity index (χ2n) is 5.48. The van der Waals surface area contributed by atoms with Crippen molar-refractivity contribution in [2.24, 2.45) is 10.1 Å². The Morgan fingerprint density at radius 1 is 1.39 bits per heavy atom. The summed E-state index contributed by atoms with van der Waals surface area (Å²) in [5.41, 5.74) is 4.02. The number of thiocarbonyl (C=S) groups is 1. The van der Waals surface area contributed by atoms with Gasteiger partial charge in [-0.2, -0.15) is 5.10 Å². The van der Waals surface area contributed by atoms with E-state index in [4.69, 9.17) is 17.0 Å². The lowest BCUT2D eigenvalue weighted by atomic mass is 10.1. The van der Waals surface area contributed by atoms with Crippen LogP contribution in [0.3, 0.4) is 0 Å². The van der Waals surface area contributed by atoms with Crippen LogP contribution in [0.2, 0.25) is 0 Å². The third-order valence-electron chi connectivity index (χ3n) is 3.60. The molecule has 0 radical (unpaired) electrons. The zero-order valence-corrected chi connectivity index (χ0v) is 14.3. The van der Waals surface area contributed by atoms with Gasteiger partial charge in [-0.1, -0.05) is 6.58 Å². The maximum atomic E-state index is 12.9. The van der Waals surface area contributed by atoms with E-state index in [0.29, 0.717) is 35.3 Å². The van der Waals surface area contributed by atoms with Crippen LogP contribution in [0.25, 0.3) is 0 Å². The van der Waals surface area contributed by atoms with Gasteiger partial charge < -0.3 is 14.5 Å². The Balaban J connectivity index is 2.04. The molecule has 2 heterocycles. The standard InChI is InChI=1S/C15H22FN5OS/c1-11(16)10-17-14-12(2)22-9-4-13(14)18-19-15(23)21-7-5-20(3)6-8-21/h10H,2,4-9H2,1,3H3,(H,19,23)/b11-10+,17-14+,18-13-. The minimum atomic E-state index is -0.392. The molecule has 8 heteroatoms. The Morgan fingerprint density at radius 3 is 2.74 bits per heavy atom. The Labute approximate surface area is 141 Å². The smallest absolute Gasteiger partial charge is 0.189 e. The summed E-state index contributed by atoms with van der Waals surface area (Å²) in [5, 5.41) is 4.92. The molecule has 2 fully saturated rings. The van der Waals surface area contributed by atoms with E-state index < -0.39 is 5.83 Å². The predicted molar refractivity (Wildman–Crippen MR) is 94.2 cm³/mol. The number of hydrazone groups is 1. The Bertz CT molecular complexity index is 560. The van der Waals surface area contributed by atoms with Crippen LogP contribution >= 0.6 is 12.2 Å². The SMILES string of the molecule is C=C1OCCC(=N/NC(=S)N2CCN(C)CC2)/C1=N/C=C(\C)F. The van der Waals surface area contributed by atoms with Crippen LogP contribution < -0.4 is 5.43 Å². The van der Waals surface area contributed by atoms with Gasteiger partial charge in [0.25, 0.3) is 0 Å². The molecular weight excluding hydrogens is 317 g/mol. The average Bonchev–Trinajstić information content (AvgIpc) is 2.52. The molecule has 0 bridgehead atoms. The van der Waals surface area contributed by atoms with Crippen molar-refractivity contribution in [3.05, 3.63) is 24.4 Å². The summed E-state index contributed by atoms with van der Waals surface area (Å²) in [4.78, 5) is 8.40. The normalized spacial score (nSPS) is 24.0. The number of aliphatic imine (C=N–C) groups is 1. The van der Waals surface area contributed by atoms with E-state index in [2.05, 4.69) is 38.9 Å². The molecular formula is C15H22FN5OS. The molecule has 0 aliphatic carbocycles. The molecule has 0 aromatic carbocycles. The first-order chi connectivity index (χ1) is 11.0. The summed E-state index contributed by atoms with van der Waals surface area (Å²) in [7, 11) is 2.09. The van der Waals surface area contributed by atoms with Crippen LogP contribution in [0, 0.1) is 0 Å². The fourth-order valence-corrected chi connectivity index (χ4v) is 2.45. The second kappa shape index (κ2) is 8.16. The van der Waals surface area contributed by atoms with Crippen molar-refractivity contribution in [2.45, 2.75) is 13.3 Å². The van der Waals surface area contributed by atoms with Crippen molar-refractivity contribution >= 4 is 28.8 Å². The molecule has 2 aliphatic rings. The predicted octanol–water partition coefficient (Wildman–Crippen LogP) is 1.67. The highest BCUT2D eigenvalue weighted by Gasteiger charge is 2.21. The maximum Gasteiger partial charge on any atom is 0.189 e. The monoisotopic (exact) mass is 339 g/mol. The average molecular weight is 339 g/mol. The Morgan fingerprint density at radius 2 is 2.09 bits per heavy atom. The van der Waals surface area contributed by atoms with Gasteiger partial charge in [0.1, 0.15) is 17.3 Å². The lowest BCUT2D eigenvalue weighted by molar-refractivity contribution is 0.214. The number of piperazine rings is 1. The fraction of sp³-hybridized carbons (Fsp3) is 0.533. The minimum Gasteiger partial charge on any atom is -0.491 e. The van der Waals surface area contributed by atoms with E-state index >= 15 is 0 Å². The number of nitrogens with one attached hydrogen (secondary N) is 1. The van der Waals surface area contributed by atoms with Crippen molar-refractivity contribution in [1.29, 1.82) is 0 Å². The first-order valence-corrected chi connectivity index (χ1v) is 7.90. The lowest BCUT2D eigenvalue weighted by Gasteiger charge is -2.33. The number of allylic oxidation sites excluding steroid dienone is 2. The number of ether oxygens (including phenoxy) is 1. The van der Waals surface area contributed by atoms with Crippen molar-refractivity contribution < 1.29 is 9.13 Å². The minimum absolute atomic E-state index is 0.389. The molecule has 0 amide bonds. The third kappa shape index (κ3) is 5.11. The fourth-order valence-electron chi connectivity index (χ4n) is 2.22. The van der Waals surface area contributed by atoms with Crippen molar-refractivity contribution in [2.75, 3.05) is 39.8 Å². The first kappa shape index (κ1) is 17.6. The number of nitrogens with zero attached hydrogens (tertiary/aromatic N) is 4. The number of hydrogen-bond donors (Lipinski definition) is 1. The molecule has 2 saturated heterocycles. The summed E-state index contributed by atoms with van der Waals surface area (Å²) in [6.45, 7) is 9.26. The van der Waals surface area contributed by atoms with E-state index in [9.17, 15) is 4.39 Å². The number of likely N-dealkylation sites (N-methyl/N-ethyl adjacent to an activating group) is 1.